The monoisotopic (exact) mass is 228 g/mol. The van der Waals surface area contributed by atoms with Crippen LogP contribution in [0.2, 0.25) is 0 Å². The van der Waals surface area contributed by atoms with Gasteiger partial charge in [-0.2, -0.15) is 0 Å². The number of rotatable bonds is 3. The van der Waals surface area contributed by atoms with Crippen molar-refractivity contribution in [3.63, 3.8) is 0 Å². The Hall–Kier alpha value is -2.10. The number of nitrogens with one attached hydrogen (secondary N) is 1. The molecule has 4 nitrogen and oxygen atoms in total. The first kappa shape index (κ1) is 11.4. The fourth-order valence-electron chi connectivity index (χ4n) is 1.69. The predicted octanol–water partition coefficient (Wildman–Crippen LogP) is 2.93. The summed E-state index contributed by atoms with van der Waals surface area (Å²) in [5.41, 5.74) is 7.93. The minimum Gasteiger partial charge on any atom is -0.384 e. The second kappa shape index (κ2) is 4.82. The van der Waals surface area contributed by atoms with Gasteiger partial charge >= 0.3 is 0 Å². The molecule has 2 aromatic rings. The van der Waals surface area contributed by atoms with Crippen molar-refractivity contribution >= 4 is 17.3 Å². The lowest BCUT2D eigenvalue weighted by Gasteiger charge is -2.13. The molecule has 88 valence electrons. The van der Waals surface area contributed by atoms with E-state index in [4.69, 9.17) is 5.73 Å². The van der Waals surface area contributed by atoms with Crippen molar-refractivity contribution in [3.05, 3.63) is 42.2 Å². The highest BCUT2D eigenvalue weighted by Gasteiger charge is 2.06. The predicted molar refractivity (Wildman–Crippen MR) is 70.3 cm³/mol. The molecule has 1 aromatic heterocycles. The van der Waals surface area contributed by atoms with Gasteiger partial charge in [0, 0.05) is 11.8 Å². The maximum atomic E-state index is 5.62. The summed E-state index contributed by atoms with van der Waals surface area (Å²) in [6.45, 7) is 4.32. The number of nitrogens with two attached hydrogens (primary N) is 1. The highest BCUT2D eigenvalue weighted by Crippen LogP contribution is 2.26. The molecule has 0 fully saturated rings. The van der Waals surface area contributed by atoms with Crippen molar-refractivity contribution in [2.45, 2.75) is 19.8 Å². The molecule has 2 rings (SSSR count). The molecule has 0 saturated carbocycles. The van der Waals surface area contributed by atoms with E-state index in [-0.39, 0.29) is 0 Å². The zero-order valence-electron chi connectivity index (χ0n) is 10.0. The summed E-state index contributed by atoms with van der Waals surface area (Å²) in [5.74, 6) is 1.63. The van der Waals surface area contributed by atoms with Crippen LogP contribution in [0.3, 0.4) is 0 Å². The third-order valence-electron chi connectivity index (χ3n) is 2.53. The van der Waals surface area contributed by atoms with Gasteiger partial charge in [0.2, 0.25) is 0 Å². The summed E-state index contributed by atoms with van der Waals surface area (Å²) in [4.78, 5) is 8.00. The first-order chi connectivity index (χ1) is 8.16. The summed E-state index contributed by atoms with van der Waals surface area (Å²) in [6, 6.07) is 9.90. The second-order valence-corrected chi connectivity index (χ2v) is 4.20. The maximum Gasteiger partial charge on any atom is 0.135 e. The highest BCUT2D eigenvalue weighted by atomic mass is 15.0. The molecule has 0 aliphatic carbocycles. The van der Waals surface area contributed by atoms with Gasteiger partial charge in [0.05, 0.1) is 0 Å². The van der Waals surface area contributed by atoms with Crippen molar-refractivity contribution < 1.29 is 0 Å². The third-order valence-corrected chi connectivity index (χ3v) is 2.53. The van der Waals surface area contributed by atoms with E-state index in [1.165, 1.54) is 11.9 Å². The van der Waals surface area contributed by atoms with E-state index >= 15 is 0 Å². The zero-order chi connectivity index (χ0) is 12.3. The molecule has 4 heteroatoms. The molecule has 0 saturated heterocycles. The smallest absolute Gasteiger partial charge is 0.135 e. The van der Waals surface area contributed by atoms with E-state index in [2.05, 4.69) is 35.2 Å². The zero-order valence-corrected chi connectivity index (χ0v) is 10.0. The molecule has 1 aromatic carbocycles. The first-order valence-corrected chi connectivity index (χ1v) is 5.60. The van der Waals surface area contributed by atoms with Crippen molar-refractivity contribution in [2.75, 3.05) is 11.1 Å². The molecule has 0 amide bonds. The minimum absolute atomic E-state index is 0.456. The van der Waals surface area contributed by atoms with Crippen LogP contribution in [-0.2, 0) is 0 Å². The lowest BCUT2D eigenvalue weighted by Crippen LogP contribution is -2.00. The highest BCUT2D eigenvalue weighted by molar-refractivity contribution is 5.62. The number of para-hydroxylation sites is 1. The summed E-state index contributed by atoms with van der Waals surface area (Å²) in [7, 11) is 0. The Bertz CT molecular complexity index is 508. The van der Waals surface area contributed by atoms with Gasteiger partial charge in [-0.15, -0.1) is 0 Å². The van der Waals surface area contributed by atoms with Gasteiger partial charge in [0.15, 0.2) is 0 Å². The number of hydrogen-bond donors (Lipinski definition) is 2. The first-order valence-electron chi connectivity index (χ1n) is 5.60. The molecular weight excluding hydrogens is 212 g/mol. The molecule has 3 N–H and O–H groups in total. The lowest BCUT2D eigenvalue weighted by molar-refractivity contribution is 0.869. The van der Waals surface area contributed by atoms with E-state index in [1.54, 1.807) is 6.07 Å². The Morgan fingerprint density at radius 1 is 1.18 bits per heavy atom. The topological polar surface area (TPSA) is 63.8 Å². The van der Waals surface area contributed by atoms with Gasteiger partial charge in [-0.1, -0.05) is 32.0 Å². The number of aromatic nitrogens is 2. The molecule has 0 spiro atoms. The molecule has 0 radical (unpaired) electrons. The van der Waals surface area contributed by atoms with E-state index in [0.717, 1.165) is 5.69 Å². The number of anilines is 3. The molecule has 1 heterocycles. The van der Waals surface area contributed by atoms with Crippen LogP contribution in [0.1, 0.15) is 25.3 Å². The van der Waals surface area contributed by atoms with E-state index < -0.39 is 0 Å². The minimum atomic E-state index is 0.456. The van der Waals surface area contributed by atoms with Crippen LogP contribution in [0.25, 0.3) is 0 Å². The SMILES string of the molecule is CC(C)c1ccccc1Nc1cc(N)ncn1. The summed E-state index contributed by atoms with van der Waals surface area (Å²) >= 11 is 0. The largest absolute Gasteiger partial charge is 0.384 e. The number of nitrogen functional groups attached to an aromatic ring is 1. The average molecular weight is 228 g/mol. The van der Waals surface area contributed by atoms with Gasteiger partial charge in [-0.3, -0.25) is 0 Å². The van der Waals surface area contributed by atoms with Crippen LogP contribution in [0.5, 0.6) is 0 Å². The van der Waals surface area contributed by atoms with Crippen molar-refractivity contribution in [1.82, 2.24) is 9.97 Å². The molecule has 0 atom stereocenters. The third kappa shape index (κ3) is 2.72. The van der Waals surface area contributed by atoms with Gasteiger partial charge in [-0.25, -0.2) is 9.97 Å². The van der Waals surface area contributed by atoms with Crippen molar-refractivity contribution in [3.8, 4) is 0 Å². The van der Waals surface area contributed by atoms with Crippen LogP contribution >= 0.6 is 0 Å². The van der Waals surface area contributed by atoms with Crippen LogP contribution in [0.15, 0.2) is 36.7 Å². The lowest BCUT2D eigenvalue weighted by atomic mass is 10.0. The van der Waals surface area contributed by atoms with E-state index in [9.17, 15) is 0 Å². The summed E-state index contributed by atoms with van der Waals surface area (Å²) in [6.07, 6.45) is 1.45. The van der Waals surface area contributed by atoms with E-state index in [1.807, 2.05) is 18.2 Å². The molecular formula is C13H16N4. The fraction of sp³-hybridized carbons (Fsp3) is 0.231. The van der Waals surface area contributed by atoms with Crippen LogP contribution in [0, 0.1) is 0 Å². The standard InChI is InChI=1S/C13H16N4/c1-9(2)10-5-3-4-6-11(10)17-13-7-12(14)15-8-16-13/h3-9H,1-2H3,(H3,14,15,16,17). The Kier molecular flexibility index (Phi) is 3.23. The van der Waals surface area contributed by atoms with Crippen LogP contribution < -0.4 is 11.1 Å². The molecule has 0 aliphatic heterocycles. The Balaban J connectivity index is 2.30. The number of benzene rings is 1. The van der Waals surface area contributed by atoms with Gasteiger partial charge < -0.3 is 11.1 Å². The van der Waals surface area contributed by atoms with E-state index in [0.29, 0.717) is 17.6 Å². The van der Waals surface area contributed by atoms with Crippen molar-refractivity contribution in [2.24, 2.45) is 0 Å². The average Bonchev–Trinajstić information content (AvgIpc) is 2.29. The molecule has 0 aliphatic rings. The van der Waals surface area contributed by atoms with Crippen molar-refractivity contribution in [1.29, 1.82) is 0 Å². The normalized spacial score (nSPS) is 10.5. The summed E-state index contributed by atoms with van der Waals surface area (Å²) in [5, 5.41) is 3.26. The van der Waals surface area contributed by atoms with Crippen LogP contribution in [0.4, 0.5) is 17.3 Å². The Morgan fingerprint density at radius 2 is 1.94 bits per heavy atom. The second-order valence-electron chi connectivity index (χ2n) is 4.20. The fourth-order valence-corrected chi connectivity index (χ4v) is 1.69. The molecule has 17 heavy (non-hydrogen) atoms. The Morgan fingerprint density at radius 3 is 2.65 bits per heavy atom. The molecule has 0 unspecified atom stereocenters. The maximum absolute atomic E-state index is 5.62. The van der Waals surface area contributed by atoms with Gasteiger partial charge in [0.1, 0.15) is 18.0 Å². The number of hydrogen-bond acceptors (Lipinski definition) is 4. The quantitative estimate of drug-likeness (QED) is 0.847. The van der Waals surface area contributed by atoms with Gasteiger partial charge in [0.25, 0.3) is 0 Å². The summed E-state index contributed by atoms with van der Waals surface area (Å²) < 4.78 is 0. The van der Waals surface area contributed by atoms with Crippen LogP contribution in [-0.4, -0.2) is 9.97 Å². The Labute approximate surface area is 101 Å². The number of nitrogens with zero attached hydrogens (tertiary/aromatic N) is 2. The van der Waals surface area contributed by atoms with Gasteiger partial charge in [-0.05, 0) is 17.5 Å². The molecule has 0 bridgehead atoms.